The van der Waals surface area contributed by atoms with Crippen molar-refractivity contribution < 1.29 is 8.83 Å². The Balaban J connectivity index is 0.776. The van der Waals surface area contributed by atoms with Gasteiger partial charge in [0.25, 0.3) is 0 Å². The number of benzene rings is 13. The number of furan rings is 2. The van der Waals surface area contributed by atoms with Crippen molar-refractivity contribution in [1.29, 1.82) is 0 Å². The van der Waals surface area contributed by atoms with E-state index in [-0.39, 0.29) is 0 Å². The molecule has 0 fully saturated rings. The molecule has 3 heteroatoms. The molecule has 0 bridgehead atoms. The molecule has 0 aliphatic rings. The first-order chi connectivity index (χ1) is 38.1. The first-order valence-corrected chi connectivity index (χ1v) is 26.3. The molecular formula is C74H47NO2. The van der Waals surface area contributed by atoms with Crippen LogP contribution in [0.2, 0.25) is 0 Å². The molecular weight excluding hydrogens is 935 g/mol. The Morgan fingerprint density at radius 3 is 0.961 bits per heavy atom. The quantitative estimate of drug-likeness (QED) is 0.144. The summed E-state index contributed by atoms with van der Waals surface area (Å²) >= 11 is 0. The lowest BCUT2D eigenvalue weighted by atomic mass is 9.95. The minimum Gasteiger partial charge on any atom is -0.456 e. The smallest absolute Gasteiger partial charge is 0.135 e. The van der Waals surface area contributed by atoms with Crippen LogP contribution in [0.25, 0.3) is 132 Å². The van der Waals surface area contributed by atoms with Gasteiger partial charge in [0.1, 0.15) is 22.3 Å². The van der Waals surface area contributed by atoms with Crippen LogP contribution in [0.5, 0.6) is 0 Å². The normalized spacial score (nSPS) is 11.6. The van der Waals surface area contributed by atoms with Gasteiger partial charge in [0.15, 0.2) is 0 Å². The SMILES string of the molecule is c1cc(-c2ccc(N(c3ccc(-c4cccc(-c5cccc6ccccc56)c4)cc3)c3ccc(-c4ccc5oc6ccc(-c7ccc8oc9ccccc9c8c7)cc6c5c4)cc3)cc2)cc(-c2cccc3ccccc23)c1. The van der Waals surface area contributed by atoms with Crippen LogP contribution >= 0.6 is 0 Å². The lowest BCUT2D eigenvalue weighted by Crippen LogP contribution is -2.09. The monoisotopic (exact) mass is 981 g/mol. The third-order valence-corrected chi connectivity index (χ3v) is 15.5. The topological polar surface area (TPSA) is 29.5 Å². The van der Waals surface area contributed by atoms with Gasteiger partial charge in [0, 0.05) is 38.6 Å². The zero-order valence-electron chi connectivity index (χ0n) is 41.9. The van der Waals surface area contributed by atoms with Gasteiger partial charge in [-0.1, -0.05) is 194 Å². The van der Waals surface area contributed by atoms with Gasteiger partial charge in [0.05, 0.1) is 0 Å². The van der Waals surface area contributed by atoms with E-state index in [4.69, 9.17) is 8.83 Å². The molecule has 0 saturated heterocycles. The summed E-state index contributed by atoms with van der Waals surface area (Å²) in [6, 6.07) is 103. The van der Waals surface area contributed by atoms with Gasteiger partial charge in [-0.05, 0) is 179 Å². The minimum atomic E-state index is 0.868. The average Bonchev–Trinajstić information content (AvgIpc) is 4.10. The second kappa shape index (κ2) is 18.3. The Labute approximate surface area is 445 Å². The molecule has 15 aromatic rings. The number of fused-ring (bicyclic) bond motifs is 8. The summed E-state index contributed by atoms with van der Waals surface area (Å²) in [6.45, 7) is 0. The third-order valence-electron chi connectivity index (χ3n) is 15.5. The highest BCUT2D eigenvalue weighted by atomic mass is 16.3. The van der Waals surface area contributed by atoms with E-state index in [1.54, 1.807) is 0 Å². The van der Waals surface area contributed by atoms with Crippen LogP contribution in [0.3, 0.4) is 0 Å². The summed E-state index contributed by atoms with van der Waals surface area (Å²) in [7, 11) is 0. The molecule has 2 heterocycles. The van der Waals surface area contributed by atoms with E-state index in [0.29, 0.717) is 0 Å². The molecule has 15 rings (SSSR count). The minimum absolute atomic E-state index is 0.868. The largest absolute Gasteiger partial charge is 0.456 e. The number of rotatable bonds is 9. The highest BCUT2D eigenvalue weighted by Crippen LogP contribution is 2.42. The summed E-state index contributed by atoms with van der Waals surface area (Å²) in [4.78, 5) is 2.36. The van der Waals surface area contributed by atoms with Gasteiger partial charge in [0.2, 0.25) is 0 Å². The summed E-state index contributed by atoms with van der Waals surface area (Å²) in [5.41, 5.74) is 20.8. The number of hydrogen-bond donors (Lipinski definition) is 0. The van der Waals surface area contributed by atoms with E-state index >= 15 is 0 Å². The third kappa shape index (κ3) is 7.92. The van der Waals surface area contributed by atoms with E-state index < -0.39 is 0 Å². The molecule has 0 amide bonds. The van der Waals surface area contributed by atoms with E-state index in [1.165, 1.54) is 54.9 Å². The van der Waals surface area contributed by atoms with Gasteiger partial charge < -0.3 is 13.7 Å². The maximum atomic E-state index is 6.43. The molecule has 77 heavy (non-hydrogen) atoms. The Kier molecular flexibility index (Phi) is 10.5. The van der Waals surface area contributed by atoms with Crippen molar-refractivity contribution in [1.82, 2.24) is 0 Å². The van der Waals surface area contributed by atoms with Gasteiger partial charge in [-0.3, -0.25) is 0 Å². The van der Waals surface area contributed by atoms with Crippen LogP contribution in [-0.4, -0.2) is 0 Å². The number of hydrogen-bond acceptors (Lipinski definition) is 3. The Hall–Kier alpha value is -10.2. The van der Waals surface area contributed by atoms with Crippen LogP contribution in [0.4, 0.5) is 17.1 Å². The van der Waals surface area contributed by atoms with Crippen molar-refractivity contribution in [2.24, 2.45) is 0 Å². The van der Waals surface area contributed by atoms with Crippen LogP contribution < -0.4 is 4.90 Å². The van der Waals surface area contributed by atoms with Gasteiger partial charge in [-0.15, -0.1) is 0 Å². The lowest BCUT2D eigenvalue weighted by molar-refractivity contribution is 0.668. The van der Waals surface area contributed by atoms with Gasteiger partial charge in [-0.2, -0.15) is 0 Å². The molecule has 13 aromatic carbocycles. The standard InChI is InChI=1S/C74H47NO2/c1-3-19-63-51(11-1)13-9-22-65(63)58-17-7-15-53(43-58)48-25-34-60(35-26-48)75(61-36-27-49(28-37-61)54-16-8-18-59(44-54)66-23-10-14-52-12-2-4-20-64(52)66)62-38-29-50(30-39-62)55-31-40-73-69(45-55)70-47-57(33-42-74(70)77-73)56-32-41-72-68(46-56)67-21-5-6-24-71(67)76-72/h1-47H. The van der Waals surface area contributed by atoms with E-state index in [2.05, 4.69) is 278 Å². The highest BCUT2D eigenvalue weighted by Gasteiger charge is 2.17. The first kappa shape index (κ1) is 44.3. The van der Waals surface area contributed by atoms with E-state index in [0.717, 1.165) is 94.3 Å². The van der Waals surface area contributed by atoms with Crippen molar-refractivity contribution >= 4 is 82.5 Å². The van der Waals surface area contributed by atoms with Crippen molar-refractivity contribution in [3.63, 3.8) is 0 Å². The number of anilines is 3. The second-order valence-electron chi connectivity index (χ2n) is 20.0. The van der Waals surface area contributed by atoms with E-state index in [1.807, 2.05) is 12.1 Å². The zero-order valence-corrected chi connectivity index (χ0v) is 41.9. The maximum absolute atomic E-state index is 6.43. The molecule has 360 valence electrons. The maximum Gasteiger partial charge on any atom is 0.135 e. The fourth-order valence-electron chi connectivity index (χ4n) is 11.6. The fourth-order valence-corrected chi connectivity index (χ4v) is 11.6. The van der Waals surface area contributed by atoms with Crippen LogP contribution in [0.1, 0.15) is 0 Å². The van der Waals surface area contributed by atoms with Gasteiger partial charge >= 0.3 is 0 Å². The molecule has 0 unspecified atom stereocenters. The summed E-state index contributed by atoms with van der Waals surface area (Å²) in [5.74, 6) is 0. The molecule has 0 radical (unpaired) electrons. The van der Waals surface area contributed by atoms with Crippen LogP contribution in [0, 0.1) is 0 Å². The Morgan fingerprint density at radius 1 is 0.195 bits per heavy atom. The molecule has 0 N–H and O–H groups in total. The molecule has 0 aliphatic heterocycles. The Bertz CT molecular complexity index is 4560. The molecule has 0 saturated carbocycles. The predicted octanol–water partition coefficient (Wildman–Crippen LogP) is 21.3. The van der Waals surface area contributed by atoms with E-state index in [9.17, 15) is 0 Å². The molecule has 0 aliphatic carbocycles. The first-order valence-electron chi connectivity index (χ1n) is 26.3. The second-order valence-corrected chi connectivity index (χ2v) is 20.0. The summed E-state index contributed by atoms with van der Waals surface area (Å²) < 4.78 is 12.6. The van der Waals surface area contributed by atoms with Crippen molar-refractivity contribution in [2.45, 2.75) is 0 Å². The summed E-state index contributed by atoms with van der Waals surface area (Å²) in [6.07, 6.45) is 0. The lowest BCUT2D eigenvalue weighted by Gasteiger charge is -2.26. The molecule has 0 atom stereocenters. The van der Waals surface area contributed by atoms with Crippen LogP contribution in [0.15, 0.2) is 294 Å². The zero-order chi connectivity index (χ0) is 50.8. The van der Waals surface area contributed by atoms with Crippen molar-refractivity contribution in [3.8, 4) is 66.8 Å². The number of nitrogens with zero attached hydrogens (tertiary/aromatic N) is 1. The van der Waals surface area contributed by atoms with Gasteiger partial charge in [-0.25, -0.2) is 0 Å². The average molecular weight is 982 g/mol. The Morgan fingerprint density at radius 2 is 0.506 bits per heavy atom. The van der Waals surface area contributed by atoms with Crippen molar-refractivity contribution in [2.75, 3.05) is 4.90 Å². The van der Waals surface area contributed by atoms with Crippen LogP contribution in [-0.2, 0) is 0 Å². The van der Waals surface area contributed by atoms with Crippen molar-refractivity contribution in [3.05, 3.63) is 285 Å². The number of para-hydroxylation sites is 1. The molecule has 3 nitrogen and oxygen atoms in total. The molecule has 2 aromatic heterocycles. The highest BCUT2D eigenvalue weighted by molar-refractivity contribution is 6.09. The predicted molar refractivity (Wildman–Crippen MR) is 323 cm³/mol. The summed E-state index contributed by atoms with van der Waals surface area (Å²) in [5, 5.41) is 9.42. The fraction of sp³-hybridized carbons (Fsp3) is 0. The molecule has 0 spiro atoms.